The number of nitrogens with zero attached hydrogens (tertiary/aromatic N) is 2. The summed E-state index contributed by atoms with van der Waals surface area (Å²) < 4.78 is 19.8. The molecule has 110 valence electrons. The molecular weight excluding hydrogens is 277 g/mol. The van der Waals surface area contributed by atoms with E-state index in [2.05, 4.69) is 4.98 Å². The lowest BCUT2D eigenvalue weighted by atomic mass is 10.3. The first kappa shape index (κ1) is 13.6. The molecule has 1 aliphatic rings. The second-order valence-corrected chi connectivity index (χ2v) is 4.68. The van der Waals surface area contributed by atoms with E-state index < -0.39 is 17.1 Å². The van der Waals surface area contributed by atoms with Gasteiger partial charge in [0.05, 0.1) is 18.9 Å². The van der Waals surface area contributed by atoms with E-state index in [4.69, 9.17) is 4.74 Å². The molecule has 0 amide bonds. The monoisotopic (exact) mass is 291 g/mol. The quantitative estimate of drug-likeness (QED) is 0.875. The molecule has 1 fully saturated rings. The highest BCUT2D eigenvalue weighted by Crippen LogP contribution is 2.11. The molecule has 1 aliphatic heterocycles. The van der Waals surface area contributed by atoms with Crippen molar-refractivity contribution in [3.8, 4) is 5.69 Å². The Morgan fingerprint density at radius 2 is 1.86 bits per heavy atom. The normalized spacial score (nSPS) is 15.2. The predicted octanol–water partition coefficient (Wildman–Crippen LogP) is 0.501. The zero-order chi connectivity index (χ0) is 14.8. The Balaban J connectivity index is 2.07. The first-order valence-electron chi connectivity index (χ1n) is 6.61. The average Bonchev–Trinajstić information content (AvgIpc) is 2.49. The topological polar surface area (TPSA) is 67.3 Å². The van der Waals surface area contributed by atoms with Crippen LogP contribution < -0.4 is 16.1 Å². The van der Waals surface area contributed by atoms with Gasteiger partial charge in [-0.2, -0.15) is 0 Å². The highest BCUT2D eigenvalue weighted by molar-refractivity contribution is 5.40. The Labute approximate surface area is 119 Å². The van der Waals surface area contributed by atoms with Crippen LogP contribution in [0.3, 0.4) is 0 Å². The van der Waals surface area contributed by atoms with Gasteiger partial charge in [0.15, 0.2) is 0 Å². The van der Waals surface area contributed by atoms with E-state index in [1.807, 2.05) is 4.90 Å². The number of benzene rings is 1. The van der Waals surface area contributed by atoms with Gasteiger partial charge >= 0.3 is 5.69 Å². The van der Waals surface area contributed by atoms with Crippen molar-refractivity contribution in [3.05, 3.63) is 57.0 Å². The Hall–Kier alpha value is -2.41. The SMILES string of the molecule is O=c1cc(N2CCOCC2)[nH]c(=O)n1-c1ccccc1F. The number of hydrogen-bond acceptors (Lipinski definition) is 4. The molecule has 1 aromatic carbocycles. The average molecular weight is 291 g/mol. The van der Waals surface area contributed by atoms with Crippen molar-refractivity contribution in [2.24, 2.45) is 0 Å². The van der Waals surface area contributed by atoms with Crippen molar-refractivity contribution in [1.29, 1.82) is 0 Å². The predicted molar refractivity (Wildman–Crippen MR) is 75.6 cm³/mol. The number of halogens is 1. The smallest absolute Gasteiger partial charge is 0.334 e. The van der Waals surface area contributed by atoms with E-state index in [0.29, 0.717) is 32.1 Å². The number of aromatic nitrogens is 2. The molecule has 0 unspecified atom stereocenters. The van der Waals surface area contributed by atoms with Gasteiger partial charge in [-0.3, -0.25) is 9.78 Å². The number of rotatable bonds is 2. The maximum Gasteiger partial charge on any atom is 0.334 e. The summed E-state index contributed by atoms with van der Waals surface area (Å²) in [5.41, 5.74) is -1.28. The summed E-state index contributed by atoms with van der Waals surface area (Å²) >= 11 is 0. The molecule has 0 aliphatic carbocycles. The fraction of sp³-hybridized carbons (Fsp3) is 0.286. The molecule has 2 aromatic rings. The standard InChI is InChI=1S/C14H14FN3O3/c15-10-3-1-2-4-11(10)18-13(19)9-12(16-14(18)20)17-5-7-21-8-6-17/h1-4,9H,5-8H2,(H,16,20). The summed E-state index contributed by atoms with van der Waals surface area (Å²) in [4.78, 5) is 28.8. The van der Waals surface area contributed by atoms with Crippen molar-refractivity contribution < 1.29 is 9.13 Å². The Morgan fingerprint density at radius 3 is 2.52 bits per heavy atom. The van der Waals surface area contributed by atoms with Gasteiger partial charge in [-0.25, -0.2) is 13.8 Å². The number of nitrogens with one attached hydrogen (secondary N) is 1. The van der Waals surface area contributed by atoms with E-state index in [1.165, 1.54) is 24.3 Å². The van der Waals surface area contributed by atoms with Crippen LogP contribution in [0.25, 0.3) is 5.69 Å². The Morgan fingerprint density at radius 1 is 1.14 bits per heavy atom. The lowest BCUT2D eigenvalue weighted by Gasteiger charge is -2.28. The molecule has 0 spiro atoms. The molecule has 0 bridgehead atoms. The zero-order valence-corrected chi connectivity index (χ0v) is 11.2. The van der Waals surface area contributed by atoms with Crippen molar-refractivity contribution in [2.45, 2.75) is 0 Å². The van der Waals surface area contributed by atoms with Crippen LogP contribution in [0, 0.1) is 5.82 Å². The van der Waals surface area contributed by atoms with Crippen molar-refractivity contribution in [2.75, 3.05) is 31.2 Å². The molecule has 2 heterocycles. The first-order valence-corrected chi connectivity index (χ1v) is 6.61. The summed E-state index contributed by atoms with van der Waals surface area (Å²) in [5, 5.41) is 0. The highest BCUT2D eigenvalue weighted by atomic mass is 19.1. The minimum absolute atomic E-state index is 0.0581. The van der Waals surface area contributed by atoms with Gasteiger partial charge in [0.1, 0.15) is 11.6 Å². The molecule has 21 heavy (non-hydrogen) atoms. The van der Waals surface area contributed by atoms with Crippen LogP contribution in [0.15, 0.2) is 39.9 Å². The lowest BCUT2D eigenvalue weighted by Crippen LogP contribution is -2.41. The van der Waals surface area contributed by atoms with Gasteiger partial charge in [0.2, 0.25) is 0 Å². The molecule has 6 nitrogen and oxygen atoms in total. The first-order chi connectivity index (χ1) is 10.2. The van der Waals surface area contributed by atoms with Crippen LogP contribution in [0.1, 0.15) is 0 Å². The molecule has 7 heteroatoms. The van der Waals surface area contributed by atoms with E-state index in [-0.39, 0.29) is 5.69 Å². The number of H-pyrrole nitrogens is 1. The molecular formula is C14H14FN3O3. The summed E-state index contributed by atoms with van der Waals surface area (Å²) in [6.45, 7) is 2.27. The van der Waals surface area contributed by atoms with E-state index >= 15 is 0 Å². The Bertz CT molecular complexity index is 731. The van der Waals surface area contributed by atoms with Crippen molar-refractivity contribution in [3.63, 3.8) is 0 Å². The van der Waals surface area contributed by atoms with Crippen LogP contribution in [0.5, 0.6) is 0 Å². The van der Waals surface area contributed by atoms with Crippen LogP contribution in [0.2, 0.25) is 0 Å². The number of para-hydroxylation sites is 1. The fourth-order valence-electron chi connectivity index (χ4n) is 2.32. The molecule has 0 radical (unpaired) electrons. The molecule has 1 saturated heterocycles. The summed E-state index contributed by atoms with van der Waals surface area (Å²) in [6, 6.07) is 6.97. The third-order valence-corrected chi connectivity index (χ3v) is 3.36. The molecule has 1 aromatic heterocycles. The second kappa shape index (κ2) is 5.53. The minimum Gasteiger partial charge on any atom is -0.378 e. The summed E-state index contributed by atoms with van der Waals surface area (Å²) in [6.07, 6.45) is 0. The molecule has 0 atom stereocenters. The van der Waals surface area contributed by atoms with Crippen LogP contribution in [0.4, 0.5) is 10.2 Å². The van der Waals surface area contributed by atoms with E-state index in [1.54, 1.807) is 6.07 Å². The van der Waals surface area contributed by atoms with Gasteiger partial charge in [-0.1, -0.05) is 12.1 Å². The van der Waals surface area contributed by atoms with Crippen LogP contribution in [-0.4, -0.2) is 35.9 Å². The van der Waals surface area contributed by atoms with Crippen LogP contribution >= 0.6 is 0 Å². The maximum atomic E-state index is 13.8. The second-order valence-electron chi connectivity index (χ2n) is 4.68. The Kier molecular flexibility index (Phi) is 3.57. The lowest BCUT2D eigenvalue weighted by molar-refractivity contribution is 0.122. The van der Waals surface area contributed by atoms with Gasteiger partial charge in [-0.05, 0) is 12.1 Å². The maximum absolute atomic E-state index is 13.8. The van der Waals surface area contributed by atoms with Gasteiger partial charge in [0.25, 0.3) is 5.56 Å². The summed E-state index contributed by atoms with van der Waals surface area (Å²) in [5.74, 6) is -0.190. The van der Waals surface area contributed by atoms with E-state index in [0.717, 1.165) is 4.57 Å². The number of hydrogen-bond donors (Lipinski definition) is 1. The molecule has 0 saturated carbocycles. The van der Waals surface area contributed by atoms with Gasteiger partial charge < -0.3 is 9.64 Å². The number of aromatic amines is 1. The minimum atomic E-state index is -0.658. The third kappa shape index (κ3) is 2.59. The van der Waals surface area contributed by atoms with Gasteiger partial charge in [-0.15, -0.1) is 0 Å². The highest BCUT2D eigenvalue weighted by Gasteiger charge is 2.16. The fourth-order valence-corrected chi connectivity index (χ4v) is 2.32. The van der Waals surface area contributed by atoms with E-state index in [9.17, 15) is 14.0 Å². The number of anilines is 1. The largest absolute Gasteiger partial charge is 0.378 e. The third-order valence-electron chi connectivity index (χ3n) is 3.36. The van der Waals surface area contributed by atoms with Crippen LogP contribution in [-0.2, 0) is 4.74 Å². The number of ether oxygens (including phenoxy) is 1. The molecule has 3 rings (SSSR count). The molecule has 1 N–H and O–H groups in total. The van der Waals surface area contributed by atoms with Crippen molar-refractivity contribution in [1.82, 2.24) is 9.55 Å². The number of morpholine rings is 1. The van der Waals surface area contributed by atoms with Gasteiger partial charge in [0, 0.05) is 19.2 Å². The zero-order valence-electron chi connectivity index (χ0n) is 11.2. The van der Waals surface area contributed by atoms with Crippen molar-refractivity contribution >= 4 is 5.82 Å². The summed E-state index contributed by atoms with van der Waals surface area (Å²) in [7, 11) is 0.